The van der Waals surface area contributed by atoms with Crippen LogP contribution < -0.4 is 0 Å². The third-order valence-corrected chi connectivity index (χ3v) is 3.91. The molecular weight excluding hydrogens is 323 g/mol. The van der Waals surface area contributed by atoms with Gasteiger partial charge in [-0.05, 0) is 68.3 Å². The van der Waals surface area contributed by atoms with Gasteiger partial charge in [0.15, 0.2) is 6.10 Å². The van der Waals surface area contributed by atoms with Gasteiger partial charge in [-0.2, -0.15) is 0 Å². The molecule has 0 aliphatic rings. The number of aromatic nitrogens is 2. The van der Waals surface area contributed by atoms with E-state index >= 15 is 0 Å². The van der Waals surface area contributed by atoms with E-state index in [1.807, 2.05) is 19.9 Å². The summed E-state index contributed by atoms with van der Waals surface area (Å²) < 4.78 is 23.9. The lowest BCUT2D eigenvalue weighted by Gasteiger charge is -2.10. The van der Waals surface area contributed by atoms with Crippen LogP contribution in [0, 0.1) is 19.7 Å². The number of carbonyl (C=O) groups is 1. The molecule has 1 heterocycles. The molecule has 0 unspecified atom stereocenters. The number of benzene rings is 2. The highest BCUT2D eigenvalue weighted by Crippen LogP contribution is 2.23. The molecule has 5 nitrogen and oxygen atoms in total. The normalized spacial score (nSPS) is 12.0. The standard InChI is InChI=1S/C19H17FN2O3/c1-11-4-5-15(10-12(11)2)19(23)24-13(3)17-21-22-18(25-17)14-6-8-16(20)9-7-14/h4-10,13H,1-3H3/t13-/m1/s1. The molecule has 0 fully saturated rings. The molecular formula is C19H17FN2O3. The van der Waals surface area contributed by atoms with E-state index in [1.54, 1.807) is 31.2 Å². The zero-order valence-corrected chi connectivity index (χ0v) is 14.1. The summed E-state index contributed by atoms with van der Waals surface area (Å²) in [4.78, 5) is 12.3. The van der Waals surface area contributed by atoms with Gasteiger partial charge in [-0.1, -0.05) is 6.07 Å². The summed E-state index contributed by atoms with van der Waals surface area (Å²) in [5, 5.41) is 7.82. The molecule has 3 rings (SSSR count). The van der Waals surface area contributed by atoms with Crippen LogP contribution in [0.4, 0.5) is 4.39 Å². The van der Waals surface area contributed by atoms with Crippen molar-refractivity contribution < 1.29 is 18.3 Å². The van der Waals surface area contributed by atoms with E-state index in [9.17, 15) is 9.18 Å². The fourth-order valence-corrected chi connectivity index (χ4v) is 2.26. The molecule has 6 heteroatoms. The van der Waals surface area contributed by atoms with Crippen molar-refractivity contribution in [1.29, 1.82) is 0 Å². The SMILES string of the molecule is Cc1ccc(C(=O)O[C@H](C)c2nnc(-c3ccc(F)cc3)o2)cc1C. The van der Waals surface area contributed by atoms with Crippen molar-refractivity contribution in [1.82, 2.24) is 10.2 Å². The minimum atomic E-state index is -0.698. The van der Waals surface area contributed by atoms with Gasteiger partial charge in [-0.3, -0.25) is 0 Å². The topological polar surface area (TPSA) is 65.2 Å². The summed E-state index contributed by atoms with van der Waals surface area (Å²) >= 11 is 0. The Morgan fingerprint density at radius 3 is 2.48 bits per heavy atom. The largest absolute Gasteiger partial charge is 0.449 e. The lowest BCUT2D eigenvalue weighted by molar-refractivity contribution is 0.0280. The molecule has 0 amide bonds. The number of aryl methyl sites for hydroxylation is 2. The Bertz CT molecular complexity index is 903. The van der Waals surface area contributed by atoms with Gasteiger partial charge in [0, 0.05) is 5.56 Å². The van der Waals surface area contributed by atoms with Crippen LogP contribution in [0.5, 0.6) is 0 Å². The maximum atomic E-state index is 13.0. The van der Waals surface area contributed by atoms with E-state index in [0.717, 1.165) is 11.1 Å². The van der Waals surface area contributed by atoms with Crippen molar-refractivity contribution in [2.24, 2.45) is 0 Å². The van der Waals surface area contributed by atoms with Crippen LogP contribution >= 0.6 is 0 Å². The smallest absolute Gasteiger partial charge is 0.338 e. The Morgan fingerprint density at radius 2 is 1.80 bits per heavy atom. The quantitative estimate of drug-likeness (QED) is 0.658. The van der Waals surface area contributed by atoms with Crippen molar-refractivity contribution in [2.45, 2.75) is 26.9 Å². The first-order valence-corrected chi connectivity index (χ1v) is 7.81. The molecule has 0 N–H and O–H groups in total. The second-order valence-electron chi connectivity index (χ2n) is 5.80. The Hall–Kier alpha value is -3.02. The van der Waals surface area contributed by atoms with Crippen LogP contribution in [-0.4, -0.2) is 16.2 Å². The maximum Gasteiger partial charge on any atom is 0.338 e. The van der Waals surface area contributed by atoms with Crippen LogP contribution in [0.1, 0.15) is 40.4 Å². The van der Waals surface area contributed by atoms with Crippen molar-refractivity contribution in [2.75, 3.05) is 0 Å². The molecule has 25 heavy (non-hydrogen) atoms. The second kappa shape index (κ2) is 6.84. The average Bonchev–Trinajstić information content (AvgIpc) is 3.08. The Labute approximate surface area is 144 Å². The highest BCUT2D eigenvalue weighted by molar-refractivity contribution is 5.89. The second-order valence-corrected chi connectivity index (χ2v) is 5.80. The summed E-state index contributed by atoms with van der Waals surface area (Å²) in [5.74, 6) is -0.392. The monoisotopic (exact) mass is 340 g/mol. The summed E-state index contributed by atoms with van der Waals surface area (Å²) in [7, 11) is 0. The summed E-state index contributed by atoms with van der Waals surface area (Å²) in [6.07, 6.45) is -0.698. The number of carbonyl (C=O) groups excluding carboxylic acids is 1. The summed E-state index contributed by atoms with van der Waals surface area (Å²) in [5.41, 5.74) is 3.17. The maximum absolute atomic E-state index is 13.0. The van der Waals surface area contributed by atoms with E-state index < -0.39 is 12.1 Å². The van der Waals surface area contributed by atoms with Crippen LogP contribution in [0.15, 0.2) is 46.9 Å². The number of hydrogen-bond donors (Lipinski definition) is 0. The van der Waals surface area contributed by atoms with E-state index in [1.165, 1.54) is 12.1 Å². The van der Waals surface area contributed by atoms with E-state index in [0.29, 0.717) is 11.1 Å². The highest BCUT2D eigenvalue weighted by atomic mass is 19.1. The number of hydrogen-bond acceptors (Lipinski definition) is 5. The fraction of sp³-hybridized carbons (Fsp3) is 0.211. The van der Waals surface area contributed by atoms with Crippen molar-refractivity contribution in [3.8, 4) is 11.5 Å². The van der Waals surface area contributed by atoms with Gasteiger partial charge >= 0.3 is 5.97 Å². The number of ether oxygens (including phenoxy) is 1. The Kier molecular flexibility index (Phi) is 4.61. The number of esters is 1. The Morgan fingerprint density at radius 1 is 1.08 bits per heavy atom. The Balaban J connectivity index is 1.73. The van der Waals surface area contributed by atoms with Gasteiger partial charge < -0.3 is 9.15 Å². The fourth-order valence-electron chi connectivity index (χ4n) is 2.26. The highest BCUT2D eigenvalue weighted by Gasteiger charge is 2.20. The summed E-state index contributed by atoms with van der Waals surface area (Å²) in [6, 6.07) is 11.1. The van der Waals surface area contributed by atoms with Crippen molar-refractivity contribution in [3.05, 3.63) is 70.9 Å². The van der Waals surface area contributed by atoms with E-state index in [2.05, 4.69) is 10.2 Å². The molecule has 3 aromatic rings. The molecule has 0 saturated heterocycles. The molecule has 128 valence electrons. The first kappa shape index (κ1) is 16.8. The van der Waals surface area contributed by atoms with Crippen molar-refractivity contribution >= 4 is 5.97 Å². The minimum Gasteiger partial charge on any atom is -0.449 e. The predicted octanol–water partition coefficient (Wildman–Crippen LogP) is 4.41. The van der Waals surface area contributed by atoms with Gasteiger partial charge in [0.2, 0.25) is 5.89 Å². The van der Waals surface area contributed by atoms with E-state index in [-0.39, 0.29) is 17.6 Å². The van der Waals surface area contributed by atoms with Crippen LogP contribution in [-0.2, 0) is 4.74 Å². The van der Waals surface area contributed by atoms with Gasteiger partial charge in [0.05, 0.1) is 5.56 Å². The molecule has 0 aliphatic heterocycles. The van der Waals surface area contributed by atoms with E-state index in [4.69, 9.17) is 9.15 Å². The lowest BCUT2D eigenvalue weighted by atomic mass is 10.1. The van der Waals surface area contributed by atoms with Crippen molar-refractivity contribution in [3.63, 3.8) is 0 Å². The van der Waals surface area contributed by atoms with Gasteiger partial charge in [-0.25, -0.2) is 9.18 Å². The molecule has 1 aromatic heterocycles. The minimum absolute atomic E-state index is 0.177. The lowest BCUT2D eigenvalue weighted by Crippen LogP contribution is -2.10. The zero-order chi connectivity index (χ0) is 18.0. The van der Waals surface area contributed by atoms with Crippen LogP contribution in [0.2, 0.25) is 0 Å². The molecule has 0 saturated carbocycles. The molecule has 0 bridgehead atoms. The first-order chi connectivity index (χ1) is 11.9. The van der Waals surface area contributed by atoms with Gasteiger partial charge in [-0.15, -0.1) is 10.2 Å². The van der Waals surface area contributed by atoms with Gasteiger partial charge in [0.25, 0.3) is 5.89 Å². The number of nitrogens with zero attached hydrogens (tertiary/aromatic N) is 2. The first-order valence-electron chi connectivity index (χ1n) is 7.81. The zero-order valence-electron chi connectivity index (χ0n) is 14.1. The third-order valence-electron chi connectivity index (χ3n) is 3.91. The summed E-state index contributed by atoms with van der Waals surface area (Å²) in [6.45, 7) is 5.56. The van der Waals surface area contributed by atoms with Crippen LogP contribution in [0.25, 0.3) is 11.5 Å². The number of rotatable bonds is 4. The van der Waals surface area contributed by atoms with Gasteiger partial charge in [0.1, 0.15) is 5.82 Å². The third kappa shape index (κ3) is 3.74. The molecule has 0 aliphatic carbocycles. The molecule has 2 aromatic carbocycles. The van der Waals surface area contributed by atoms with Crippen LogP contribution in [0.3, 0.4) is 0 Å². The molecule has 1 atom stereocenters. The average molecular weight is 340 g/mol. The molecule has 0 radical (unpaired) electrons. The predicted molar refractivity (Wildman–Crippen MR) is 89.4 cm³/mol. The molecule has 0 spiro atoms. The number of halogens is 1.